The Labute approximate surface area is 135 Å². The third kappa shape index (κ3) is 3.09. The molecule has 23 heavy (non-hydrogen) atoms. The summed E-state index contributed by atoms with van der Waals surface area (Å²) < 4.78 is 0. The molecule has 3 rings (SSSR count). The van der Waals surface area contributed by atoms with E-state index >= 15 is 0 Å². The van der Waals surface area contributed by atoms with Crippen molar-refractivity contribution >= 4 is 22.8 Å². The number of H-pyrrole nitrogens is 1. The van der Waals surface area contributed by atoms with E-state index in [1.807, 2.05) is 19.9 Å². The predicted molar refractivity (Wildman–Crippen MR) is 88.6 cm³/mol. The number of carbonyl (C=O) groups excluding carboxylic acids is 1. The van der Waals surface area contributed by atoms with E-state index < -0.39 is 12.0 Å². The molecular formula is C18H22N2O3. The first-order valence-corrected chi connectivity index (χ1v) is 8.09. The van der Waals surface area contributed by atoms with Crippen molar-refractivity contribution in [1.29, 1.82) is 0 Å². The van der Waals surface area contributed by atoms with Crippen LogP contribution in [0.2, 0.25) is 0 Å². The van der Waals surface area contributed by atoms with E-state index in [2.05, 4.69) is 16.4 Å². The molecule has 5 nitrogen and oxygen atoms in total. The fraction of sp³-hybridized carbons (Fsp3) is 0.444. The number of amides is 1. The maximum absolute atomic E-state index is 12.5. The fourth-order valence-corrected chi connectivity index (χ4v) is 3.62. The second kappa shape index (κ2) is 6.07. The topological polar surface area (TPSA) is 82.2 Å². The lowest BCUT2D eigenvalue weighted by Crippen LogP contribution is -2.45. The van der Waals surface area contributed by atoms with Gasteiger partial charge >= 0.3 is 5.97 Å². The monoisotopic (exact) mass is 314 g/mol. The molecule has 0 spiro atoms. The summed E-state index contributed by atoms with van der Waals surface area (Å²) in [6.45, 7) is 4.01. The van der Waals surface area contributed by atoms with Gasteiger partial charge in [0.1, 0.15) is 11.7 Å². The van der Waals surface area contributed by atoms with Gasteiger partial charge in [0.25, 0.3) is 5.91 Å². The van der Waals surface area contributed by atoms with Crippen molar-refractivity contribution in [3.8, 4) is 0 Å². The molecule has 3 N–H and O–H groups in total. The smallest absolute Gasteiger partial charge is 0.326 e. The number of hydrogen-bond donors (Lipinski definition) is 3. The van der Waals surface area contributed by atoms with Crippen LogP contribution < -0.4 is 5.32 Å². The van der Waals surface area contributed by atoms with Gasteiger partial charge in [-0.2, -0.15) is 0 Å². The van der Waals surface area contributed by atoms with Crippen molar-refractivity contribution in [3.05, 3.63) is 35.0 Å². The van der Waals surface area contributed by atoms with Gasteiger partial charge in [0.05, 0.1) is 0 Å². The van der Waals surface area contributed by atoms with E-state index in [9.17, 15) is 14.7 Å². The van der Waals surface area contributed by atoms with Gasteiger partial charge in [-0.3, -0.25) is 4.79 Å². The summed E-state index contributed by atoms with van der Waals surface area (Å²) >= 11 is 0. The minimum absolute atomic E-state index is 0.0322. The third-order valence-corrected chi connectivity index (χ3v) is 4.74. The second-order valence-corrected chi connectivity index (χ2v) is 6.56. The number of carbonyl (C=O) groups is 2. The molecule has 1 unspecified atom stereocenters. The van der Waals surface area contributed by atoms with Crippen LogP contribution in [-0.4, -0.2) is 28.0 Å². The lowest BCUT2D eigenvalue weighted by molar-refractivity contribution is -0.140. The molecule has 1 heterocycles. The third-order valence-electron chi connectivity index (χ3n) is 4.74. The average Bonchev–Trinajstić information content (AvgIpc) is 3.12. The highest BCUT2D eigenvalue weighted by atomic mass is 16.4. The number of fused-ring (bicyclic) bond motifs is 1. The Morgan fingerprint density at radius 1 is 1.22 bits per heavy atom. The van der Waals surface area contributed by atoms with Gasteiger partial charge in [-0.1, -0.05) is 24.5 Å². The first kappa shape index (κ1) is 15.6. The first-order chi connectivity index (χ1) is 11.0. The van der Waals surface area contributed by atoms with Crippen LogP contribution in [0.1, 0.15) is 47.3 Å². The van der Waals surface area contributed by atoms with Gasteiger partial charge < -0.3 is 15.4 Å². The molecule has 1 atom stereocenters. The molecule has 1 fully saturated rings. The van der Waals surface area contributed by atoms with Gasteiger partial charge in [0.15, 0.2) is 0 Å². The number of carboxylic acid groups (broad SMARTS) is 1. The van der Waals surface area contributed by atoms with Crippen molar-refractivity contribution in [3.63, 3.8) is 0 Å². The van der Waals surface area contributed by atoms with Crippen molar-refractivity contribution in [2.75, 3.05) is 0 Å². The standard InChI is InChI=1S/C18H22N2O3/c1-10-7-11(2)15-13(8-10)9-14(19-15)17(21)20-16(18(22)23)12-5-3-4-6-12/h7-9,12,16,19H,3-6H2,1-2H3,(H,20,21)(H,22,23). The Kier molecular flexibility index (Phi) is 4.11. The van der Waals surface area contributed by atoms with E-state index in [4.69, 9.17) is 0 Å². The van der Waals surface area contributed by atoms with Crippen molar-refractivity contribution in [2.45, 2.75) is 45.6 Å². The Bertz CT molecular complexity index is 757. The maximum atomic E-state index is 12.5. The summed E-state index contributed by atoms with van der Waals surface area (Å²) in [6, 6.07) is 5.05. The quantitative estimate of drug-likeness (QED) is 0.810. The van der Waals surface area contributed by atoms with E-state index in [0.717, 1.165) is 47.7 Å². The highest BCUT2D eigenvalue weighted by molar-refractivity contribution is 6.00. The van der Waals surface area contributed by atoms with E-state index in [0.29, 0.717) is 5.69 Å². The summed E-state index contributed by atoms with van der Waals surface area (Å²) in [7, 11) is 0. The molecule has 1 aromatic heterocycles. The summed E-state index contributed by atoms with van der Waals surface area (Å²) in [6.07, 6.45) is 3.80. The van der Waals surface area contributed by atoms with E-state index in [1.165, 1.54) is 0 Å². The van der Waals surface area contributed by atoms with E-state index in [1.54, 1.807) is 6.07 Å². The molecule has 1 aliphatic rings. The van der Waals surface area contributed by atoms with Gasteiger partial charge in [0.2, 0.25) is 0 Å². The number of rotatable bonds is 4. The molecule has 0 saturated heterocycles. The van der Waals surface area contributed by atoms with Gasteiger partial charge in [-0.05, 0) is 50.3 Å². The van der Waals surface area contributed by atoms with Crippen LogP contribution in [0.25, 0.3) is 10.9 Å². The Hall–Kier alpha value is -2.30. The summed E-state index contributed by atoms with van der Waals surface area (Å²) in [4.78, 5) is 27.1. The molecular weight excluding hydrogens is 292 g/mol. The molecule has 0 aliphatic heterocycles. The first-order valence-electron chi connectivity index (χ1n) is 8.09. The Balaban J connectivity index is 1.84. The molecule has 2 aromatic rings. The predicted octanol–water partition coefficient (Wildman–Crippen LogP) is 3.16. The van der Waals surface area contributed by atoms with Crippen LogP contribution >= 0.6 is 0 Å². The molecule has 0 bridgehead atoms. The van der Waals surface area contributed by atoms with Crippen molar-refractivity contribution in [2.24, 2.45) is 5.92 Å². The highest BCUT2D eigenvalue weighted by Gasteiger charge is 2.32. The number of aromatic nitrogens is 1. The van der Waals surface area contributed by atoms with Crippen LogP contribution in [0.3, 0.4) is 0 Å². The fourth-order valence-electron chi connectivity index (χ4n) is 3.62. The zero-order valence-electron chi connectivity index (χ0n) is 13.5. The van der Waals surface area contributed by atoms with E-state index in [-0.39, 0.29) is 11.8 Å². The Morgan fingerprint density at radius 2 is 1.91 bits per heavy atom. The van der Waals surface area contributed by atoms with Crippen LogP contribution in [-0.2, 0) is 4.79 Å². The minimum Gasteiger partial charge on any atom is -0.480 e. The van der Waals surface area contributed by atoms with Gasteiger partial charge in [-0.25, -0.2) is 4.79 Å². The summed E-state index contributed by atoms with van der Waals surface area (Å²) in [5.41, 5.74) is 3.55. The molecule has 0 radical (unpaired) electrons. The molecule has 1 aromatic carbocycles. The SMILES string of the molecule is Cc1cc(C)c2[nH]c(C(=O)NC(C(=O)O)C3CCCC3)cc2c1. The van der Waals surface area contributed by atoms with Gasteiger partial charge in [0, 0.05) is 10.9 Å². The van der Waals surface area contributed by atoms with Crippen LogP contribution in [0, 0.1) is 19.8 Å². The number of hydrogen-bond acceptors (Lipinski definition) is 2. The normalized spacial score (nSPS) is 16.6. The number of aliphatic carboxylic acids is 1. The highest BCUT2D eigenvalue weighted by Crippen LogP contribution is 2.28. The lowest BCUT2D eigenvalue weighted by atomic mass is 9.98. The van der Waals surface area contributed by atoms with Crippen molar-refractivity contribution in [1.82, 2.24) is 10.3 Å². The minimum atomic E-state index is -0.951. The molecule has 5 heteroatoms. The Morgan fingerprint density at radius 3 is 2.57 bits per heavy atom. The molecule has 1 amide bonds. The maximum Gasteiger partial charge on any atom is 0.326 e. The van der Waals surface area contributed by atoms with Gasteiger partial charge in [-0.15, -0.1) is 0 Å². The van der Waals surface area contributed by atoms with Crippen molar-refractivity contribution < 1.29 is 14.7 Å². The number of carboxylic acids is 1. The number of nitrogens with one attached hydrogen (secondary N) is 2. The number of benzene rings is 1. The molecule has 1 aliphatic carbocycles. The average molecular weight is 314 g/mol. The number of aryl methyl sites for hydroxylation is 2. The summed E-state index contributed by atoms with van der Waals surface area (Å²) in [5.74, 6) is -1.27. The van der Waals surface area contributed by atoms with Crippen LogP contribution in [0.4, 0.5) is 0 Å². The zero-order valence-corrected chi connectivity index (χ0v) is 13.5. The lowest BCUT2D eigenvalue weighted by Gasteiger charge is -2.20. The zero-order chi connectivity index (χ0) is 16.6. The number of aromatic amines is 1. The molecule has 1 saturated carbocycles. The van der Waals surface area contributed by atoms with Crippen LogP contribution in [0.5, 0.6) is 0 Å². The summed E-state index contributed by atoms with van der Waals surface area (Å²) in [5, 5.41) is 13.1. The largest absolute Gasteiger partial charge is 0.480 e. The molecule has 122 valence electrons. The van der Waals surface area contributed by atoms with Crippen LogP contribution in [0.15, 0.2) is 18.2 Å². The second-order valence-electron chi connectivity index (χ2n) is 6.56.